The molecule has 0 spiro atoms. The van der Waals surface area contributed by atoms with Crippen LogP contribution in [0.4, 0.5) is 13.2 Å². The van der Waals surface area contributed by atoms with Crippen molar-refractivity contribution < 1.29 is 23.0 Å². The Balaban J connectivity index is 2.99. The van der Waals surface area contributed by atoms with Crippen molar-refractivity contribution in [3.63, 3.8) is 0 Å². The van der Waals surface area contributed by atoms with Gasteiger partial charge in [0.1, 0.15) is 5.75 Å². The predicted octanol–water partition coefficient (Wildman–Crippen LogP) is 3.10. The normalized spacial score (nSPS) is 13.6. The van der Waals surface area contributed by atoms with Crippen LogP contribution >= 0.6 is 22.6 Å². The summed E-state index contributed by atoms with van der Waals surface area (Å²) in [4.78, 5) is 0. The van der Waals surface area contributed by atoms with E-state index in [4.69, 9.17) is 5.11 Å². The molecule has 0 saturated carbocycles. The van der Waals surface area contributed by atoms with E-state index in [0.717, 1.165) is 0 Å². The summed E-state index contributed by atoms with van der Waals surface area (Å²) in [6.45, 7) is 3.37. The van der Waals surface area contributed by atoms with Crippen molar-refractivity contribution in [1.82, 2.24) is 0 Å². The number of hydrogen-bond acceptors (Lipinski definition) is 2. The molecule has 1 aromatic rings. The predicted molar refractivity (Wildman–Crippen MR) is 61.0 cm³/mol. The van der Waals surface area contributed by atoms with Crippen LogP contribution in [-0.2, 0) is 0 Å². The molecule has 0 aliphatic rings. The first kappa shape index (κ1) is 13.6. The summed E-state index contributed by atoms with van der Waals surface area (Å²) >= 11 is 1.74. The Bertz CT molecular complexity index is 366. The molecule has 1 radical (unpaired) electrons. The van der Waals surface area contributed by atoms with E-state index in [1.54, 1.807) is 28.7 Å². The molecule has 89 valence electrons. The highest BCUT2D eigenvalue weighted by atomic mass is 127. The second kappa shape index (κ2) is 5.22. The van der Waals surface area contributed by atoms with Gasteiger partial charge in [0.25, 0.3) is 0 Å². The molecule has 0 amide bonds. The van der Waals surface area contributed by atoms with Crippen molar-refractivity contribution in [2.24, 2.45) is 0 Å². The van der Waals surface area contributed by atoms with Gasteiger partial charge < -0.3 is 9.84 Å². The molecule has 16 heavy (non-hydrogen) atoms. The van der Waals surface area contributed by atoms with Crippen LogP contribution in [0.2, 0.25) is 0 Å². The monoisotopic (exact) mass is 345 g/mol. The molecule has 1 atom stereocenters. The van der Waals surface area contributed by atoms with Gasteiger partial charge in [0, 0.05) is 12.5 Å². The van der Waals surface area contributed by atoms with Crippen molar-refractivity contribution in [3.8, 4) is 5.75 Å². The summed E-state index contributed by atoms with van der Waals surface area (Å²) in [5.41, 5.74) is 0.502. The Morgan fingerprint density at radius 3 is 2.56 bits per heavy atom. The molecule has 1 aromatic carbocycles. The highest BCUT2D eigenvalue weighted by Gasteiger charge is 2.32. The van der Waals surface area contributed by atoms with Gasteiger partial charge in [0.05, 0.1) is 3.57 Å². The standard InChI is InChI=1S/C10H9F3IO2/c1-6(5-15)7-2-3-8(14)9(4-7)16-10(11,12)13/h2-4,6,15H,1,5H2. The van der Waals surface area contributed by atoms with Crippen LogP contribution in [-0.4, -0.2) is 18.1 Å². The first-order chi connectivity index (χ1) is 7.33. The minimum atomic E-state index is -4.71. The number of benzene rings is 1. The summed E-state index contributed by atoms with van der Waals surface area (Å²) < 4.78 is 40.3. The Labute approximate surface area is 105 Å². The largest absolute Gasteiger partial charge is 0.573 e. The molecule has 1 rings (SSSR count). The van der Waals surface area contributed by atoms with E-state index >= 15 is 0 Å². The fraction of sp³-hybridized carbons (Fsp3) is 0.300. The van der Waals surface area contributed by atoms with Crippen molar-refractivity contribution in [1.29, 1.82) is 0 Å². The molecule has 0 saturated heterocycles. The number of alkyl halides is 3. The van der Waals surface area contributed by atoms with Crippen LogP contribution in [0.15, 0.2) is 18.2 Å². The van der Waals surface area contributed by atoms with Gasteiger partial charge in [-0.1, -0.05) is 6.07 Å². The van der Waals surface area contributed by atoms with E-state index in [9.17, 15) is 13.2 Å². The molecule has 2 nitrogen and oxygen atoms in total. The third-order valence-electron chi connectivity index (χ3n) is 1.87. The van der Waals surface area contributed by atoms with E-state index in [-0.39, 0.29) is 12.4 Å². The van der Waals surface area contributed by atoms with Gasteiger partial charge in [-0.2, -0.15) is 0 Å². The summed E-state index contributed by atoms with van der Waals surface area (Å²) in [7, 11) is 0. The fourth-order valence-electron chi connectivity index (χ4n) is 1.08. The molecule has 0 aliphatic carbocycles. The van der Waals surface area contributed by atoms with Crippen LogP contribution in [0, 0.1) is 10.5 Å². The Hall–Kier alpha value is -0.500. The van der Waals surface area contributed by atoms with Gasteiger partial charge in [-0.05, 0) is 47.2 Å². The highest BCUT2D eigenvalue weighted by molar-refractivity contribution is 14.1. The van der Waals surface area contributed by atoms with Gasteiger partial charge in [-0.15, -0.1) is 13.2 Å². The molecule has 0 bridgehead atoms. The van der Waals surface area contributed by atoms with Crippen molar-refractivity contribution >= 4 is 22.6 Å². The van der Waals surface area contributed by atoms with Crippen LogP contribution in [0.5, 0.6) is 5.75 Å². The molecule has 0 aromatic heterocycles. The maximum Gasteiger partial charge on any atom is 0.573 e. The van der Waals surface area contributed by atoms with Crippen molar-refractivity contribution in [2.45, 2.75) is 12.3 Å². The van der Waals surface area contributed by atoms with Crippen molar-refractivity contribution in [3.05, 3.63) is 34.3 Å². The average Bonchev–Trinajstić information content (AvgIpc) is 2.18. The zero-order valence-electron chi connectivity index (χ0n) is 8.09. The Kier molecular flexibility index (Phi) is 4.43. The molecule has 0 aliphatic heterocycles. The van der Waals surface area contributed by atoms with Crippen LogP contribution < -0.4 is 4.74 Å². The lowest BCUT2D eigenvalue weighted by atomic mass is 10.0. The molecule has 1 N–H and O–H groups in total. The number of rotatable bonds is 3. The number of hydrogen-bond donors (Lipinski definition) is 1. The van der Waals surface area contributed by atoms with E-state index in [1.807, 2.05) is 0 Å². The molecular formula is C10H9F3IO2. The smallest absolute Gasteiger partial charge is 0.405 e. The third-order valence-corrected chi connectivity index (χ3v) is 2.76. The maximum absolute atomic E-state index is 12.0. The van der Waals surface area contributed by atoms with Gasteiger partial charge in [-0.3, -0.25) is 0 Å². The molecule has 0 heterocycles. The number of ether oxygens (including phenoxy) is 1. The van der Waals surface area contributed by atoms with Crippen molar-refractivity contribution in [2.75, 3.05) is 6.61 Å². The second-order valence-corrected chi connectivity index (χ2v) is 4.28. The zero-order valence-corrected chi connectivity index (χ0v) is 10.2. The van der Waals surface area contributed by atoms with Gasteiger partial charge in [0.2, 0.25) is 0 Å². The first-order valence-electron chi connectivity index (χ1n) is 4.32. The van der Waals surface area contributed by atoms with E-state index in [2.05, 4.69) is 11.7 Å². The van der Waals surface area contributed by atoms with E-state index < -0.39 is 12.3 Å². The second-order valence-electron chi connectivity index (χ2n) is 3.12. The third kappa shape index (κ3) is 3.82. The van der Waals surface area contributed by atoms with E-state index in [0.29, 0.717) is 9.13 Å². The van der Waals surface area contributed by atoms with Gasteiger partial charge in [0.15, 0.2) is 0 Å². The number of aliphatic hydroxyl groups is 1. The molecule has 6 heteroatoms. The number of halogens is 4. The highest BCUT2D eigenvalue weighted by Crippen LogP contribution is 2.30. The lowest BCUT2D eigenvalue weighted by molar-refractivity contribution is -0.275. The quantitative estimate of drug-likeness (QED) is 0.854. The minimum Gasteiger partial charge on any atom is -0.405 e. The minimum absolute atomic E-state index is 0.230. The van der Waals surface area contributed by atoms with E-state index in [1.165, 1.54) is 12.1 Å². The van der Waals surface area contributed by atoms with Crippen LogP contribution in [0.1, 0.15) is 11.5 Å². The summed E-state index contributed by atoms with van der Waals surface area (Å²) in [6.07, 6.45) is -4.71. The molecule has 1 unspecified atom stereocenters. The average molecular weight is 345 g/mol. The Morgan fingerprint density at radius 1 is 1.44 bits per heavy atom. The van der Waals surface area contributed by atoms with Crippen LogP contribution in [0.25, 0.3) is 0 Å². The van der Waals surface area contributed by atoms with Gasteiger partial charge in [-0.25, -0.2) is 0 Å². The maximum atomic E-state index is 12.0. The SMILES string of the molecule is [CH2]C(CO)c1ccc(I)c(OC(F)(F)F)c1. The summed E-state index contributed by atoms with van der Waals surface area (Å²) in [6, 6.07) is 4.34. The summed E-state index contributed by atoms with van der Waals surface area (Å²) in [5, 5.41) is 8.85. The van der Waals surface area contributed by atoms with Gasteiger partial charge >= 0.3 is 6.36 Å². The molecule has 0 fully saturated rings. The number of aliphatic hydroxyl groups excluding tert-OH is 1. The lowest BCUT2D eigenvalue weighted by Gasteiger charge is -2.14. The zero-order chi connectivity index (χ0) is 12.3. The Morgan fingerprint density at radius 2 is 2.06 bits per heavy atom. The molecular weight excluding hydrogens is 336 g/mol. The van der Waals surface area contributed by atoms with Crippen LogP contribution in [0.3, 0.4) is 0 Å². The summed E-state index contributed by atoms with van der Waals surface area (Å²) in [5.74, 6) is -0.736. The fourth-order valence-corrected chi connectivity index (χ4v) is 1.53. The lowest BCUT2D eigenvalue weighted by Crippen LogP contribution is -2.18. The topological polar surface area (TPSA) is 29.5 Å². The first-order valence-corrected chi connectivity index (χ1v) is 5.40.